The van der Waals surface area contributed by atoms with E-state index in [0.29, 0.717) is 31.5 Å². The summed E-state index contributed by atoms with van der Waals surface area (Å²) in [4.78, 5) is 63.5. The van der Waals surface area contributed by atoms with Gasteiger partial charge in [0.1, 0.15) is 12.1 Å². The van der Waals surface area contributed by atoms with E-state index in [1.165, 1.54) is 0 Å². The number of likely N-dealkylation sites (N-methyl/N-ethyl adjacent to an activating group) is 1. The Balaban J connectivity index is 1.22. The zero-order valence-electron chi connectivity index (χ0n) is 24.7. The summed E-state index contributed by atoms with van der Waals surface area (Å²) in [5.41, 5.74) is 1.58. The van der Waals surface area contributed by atoms with E-state index in [4.69, 9.17) is 0 Å². The minimum absolute atomic E-state index is 0.0407. The number of hydrogen-bond donors (Lipinski definition) is 2. The highest BCUT2D eigenvalue weighted by atomic mass is 16.2. The minimum atomic E-state index is -0.739. The molecule has 11 heteroatoms. The molecule has 11 nitrogen and oxygen atoms in total. The fourth-order valence-electron chi connectivity index (χ4n) is 6.56. The zero-order chi connectivity index (χ0) is 29.1. The molecule has 4 aliphatic heterocycles. The quantitative estimate of drug-likeness (QED) is 0.448. The Bertz CT molecular complexity index is 1110. The first-order valence-electron chi connectivity index (χ1n) is 15.1. The molecule has 4 saturated heterocycles. The van der Waals surface area contributed by atoms with Crippen LogP contribution in [0.5, 0.6) is 0 Å². The van der Waals surface area contributed by atoms with Crippen molar-refractivity contribution in [2.75, 3.05) is 83.9 Å². The first kappa shape index (κ1) is 29.5. The number of likely N-dealkylation sites (tertiary alicyclic amines) is 2. The van der Waals surface area contributed by atoms with E-state index in [1.54, 1.807) is 21.9 Å². The molecule has 5 rings (SSSR count). The van der Waals surface area contributed by atoms with Gasteiger partial charge < -0.3 is 30.2 Å². The van der Waals surface area contributed by atoms with Crippen LogP contribution >= 0.6 is 0 Å². The third-order valence-corrected chi connectivity index (χ3v) is 8.90. The van der Waals surface area contributed by atoms with E-state index in [-0.39, 0.29) is 42.0 Å². The van der Waals surface area contributed by atoms with Crippen LogP contribution in [0.4, 0.5) is 5.69 Å². The number of benzene rings is 1. The highest BCUT2D eigenvalue weighted by Crippen LogP contribution is 2.31. The molecule has 0 aliphatic carbocycles. The van der Waals surface area contributed by atoms with E-state index < -0.39 is 12.1 Å². The van der Waals surface area contributed by atoms with Crippen molar-refractivity contribution >= 4 is 29.2 Å². The molecule has 0 saturated carbocycles. The van der Waals surface area contributed by atoms with Crippen molar-refractivity contribution in [2.24, 2.45) is 5.92 Å². The maximum atomic E-state index is 13.9. The highest BCUT2D eigenvalue weighted by molar-refractivity contribution is 6.01. The number of carbonyl (C=O) groups is 4. The van der Waals surface area contributed by atoms with Crippen LogP contribution in [0.25, 0.3) is 0 Å². The van der Waals surface area contributed by atoms with Gasteiger partial charge in [0.05, 0.1) is 19.1 Å². The van der Waals surface area contributed by atoms with Gasteiger partial charge >= 0.3 is 0 Å². The first-order valence-corrected chi connectivity index (χ1v) is 15.1. The number of ketones is 1. The van der Waals surface area contributed by atoms with Gasteiger partial charge in [0.15, 0.2) is 5.78 Å². The Morgan fingerprint density at radius 1 is 0.951 bits per heavy atom. The van der Waals surface area contributed by atoms with Crippen molar-refractivity contribution < 1.29 is 19.2 Å². The molecule has 0 aromatic heterocycles. The Hall–Kier alpha value is -3.02. The van der Waals surface area contributed by atoms with Gasteiger partial charge in [0, 0.05) is 70.2 Å². The lowest BCUT2D eigenvalue weighted by Gasteiger charge is -2.33. The number of fused-ring (bicyclic) bond motifs is 1. The van der Waals surface area contributed by atoms with Gasteiger partial charge in [-0.25, -0.2) is 0 Å². The molecule has 4 fully saturated rings. The molecule has 3 atom stereocenters. The second kappa shape index (κ2) is 12.9. The van der Waals surface area contributed by atoms with Crippen molar-refractivity contribution in [1.29, 1.82) is 0 Å². The van der Waals surface area contributed by atoms with E-state index in [2.05, 4.69) is 32.4 Å². The third-order valence-electron chi connectivity index (χ3n) is 8.90. The van der Waals surface area contributed by atoms with Crippen LogP contribution < -0.4 is 15.5 Å². The number of piperazine rings is 2. The average molecular weight is 568 g/mol. The van der Waals surface area contributed by atoms with Gasteiger partial charge in [-0.05, 0) is 50.1 Å². The monoisotopic (exact) mass is 567 g/mol. The largest absolute Gasteiger partial charge is 0.369 e. The Morgan fingerprint density at radius 2 is 1.63 bits per heavy atom. The highest BCUT2D eigenvalue weighted by Gasteiger charge is 2.52. The van der Waals surface area contributed by atoms with Crippen LogP contribution in [0.3, 0.4) is 0 Å². The van der Waals surface area contributed by atoms with E-state index in [0.717, 1.165) is 58.0 Å². The maximum absolute atomic E-state index is 13.9. The molecule has 3 amide bonds. The molecule has 3 unspecified atom stereocenters. The first-order chi connectivity index (χ1) is 19.7. The minimum Gasteiger partial charge on any atom is -0.369 e. The molecule has 0 spiro atoms. The zero-order valence-corrected chi connectivity index (χ0v) is 24.7. The summed E-state index contributed by atoms with van der Waals surface area (Å²) in [6.45, 7) is 12.0. The van der Waals surface area contributed by atoms with Crippen LogP contribution in [0.1, 0.15) is 37.0 Å². The summed E-state index contributed by atoms with van der Waals surface area (Å²) in [6.07, 6.45) is 1.05. The molecule has 2 N–H and O–H groups in total. The topological polar surface area (TPSA) is 109 Å². The van der Waals surface area contributed by atoms with E-state index in [9.17, 15) is 19.2 Å². The van der Waals surface area contributed by atoms with Crippen LogP contribution in [0.15, 0.2) is 24.3 Å². The van der Waals surface area contributed by atoms with Crippen molar-refractivity contribution in [3.05, 3.63) is 29.8 Å². The summed E-state index contributed by atoms with van der Waals surface area (Å²) in [5.74, 6) is -0.502. The molecular formula is C30H45N7O4. The average Bonchev–Trinajstić information content (AvgIpc) is 3.55. The van der Waals surface area contributed by atoms with Gasteiger partial charge in [-0.1, -0.05) is 13.8 Å². The lowest BCUT2D eigenvalue weighted by Crippen LogP contribution is -2.53. The number of Topliss-reactive ketones (excluding diaryl/α,β-unsaturated/α-hetero) is 1. The number of amides is 3. The van der Waals surface area contributed by atoms with Gasteiger partial charge in [-0.15, -0.1) is 0 Å². The van der Waals surface area contributed by atoms with Crippen molar-refractivity contribution in [3.8, 4) is 0 Å². The normalized spacial score (nSPS) is 24.6. The second-order valence-electron chi connectivity index (χ2n) is 12.3. The second-order valence-corrected chi connectivity index (χ2v) is 12.3. The molecule has 0 bridgehead atoms. The Labute approximate surface area is 243 Å². The number of rotatable bonds is 8. The molecular weight excluding hydrogens is 522 g/mol. The van der Waals surface area contributed by atoms with E-state index >= 15 is 0 Å². The van der Waals surface area contributed by atoms with Gasteiger partial charge in [0.25, 0.3) is 5.91 Å². The maximum Gasteiger partial charge on any atom is 0.251 e. The molecule has 0 radical (unpaired) electrons. The van der Waals surface area contributed by atoms with Gasteiger partial charge in [-0.2, -0.15) is 0 Å². The summed E-state index contributed by atoms with van der Waals surface area (Å²) in [6, 6.07) is 5.85. The van der Waals surface area contributed by atoms with Gasteiger partial charge in [0.2, 0.25) is 11.8 Å². The van der Waals surface area contributed by atoms with Crippen molar-refractivity contribution in [1.82, 2.24) is 30.2 Å². The predicted octanol–water partition coefficient (Wildman–Crippen LogP) is -0.131. The molecule has 4 heterocycles. The Morgan fingerprint density at radius 3 is 2.29 bits per heavy atom. The Kier molecular flexibility index (Phi) is 9.25. The fraction of sp³-hybridized carbons (Fsp3) is 0.667. The molecule has 41 heavy (non-hydrogen) atoms. The van der Waals surface area contributed by atoms with Crippen molar-refractivity contribution in [3.63, 3.8) is 0 Å². The van der Waals surface area contributed by atoms with Crippen LogP contribution in [0.2, 0.25) is 0 Å². The third kappa shape index (κ3) is 6.73. The predicted molar refractivity (Wildman–Crippen MR) is 157 cm³/mol. The van der Waals surface area contributed by atoms with E-state index in [1.807, 2.05) is 26.0 Å². The lowest BCUT2D eigenvalue weighted by atomic mass is 10.0. The van der Waals surface area contributed by atoms with Crippen molar-refractivity contribution in [2.45, 2.75) is 44.8 Å². The van der Waals surface area contributed by atoms with Crippen LogP contribution in [0, 0.1) is 5.92 Å². The number of carbonyl (C=O) groups excluding carboxylic acids is 4. The smallest absolute Gasteiger partial charge is 0.251 e. The summed E-state index contributed by atoms with van der Waals surface area (Å²) < 4.78 is 0. The SMILES string of the molecule is CC(C)CC(NC(=O)c1ccc(N2CCNCC2)cc1)C(=O)N1CCC2C1C(=O)CN2C(=O)CN1CCN(C)CC1. The van der Waals surface area contributed by atoms with Crippen LogP contribution in [-0.2, 0) is 14.4 Å². The number of nitrogens with one attached hydrogen (secondary N) is 2. The summed E-state index contributed by atoms with van der Waals surface area (Å²) in [5, 5.41) is 6.31. The molecule has 1 aromatic rings. The molecule has 4 aliphatic rings. The standard InChI is InChI=1S/C30H45N7O4/c1-21(2)18-24(32-29(40)22-4-6-23(7-5-22)35-12-9-31-10-13-35)30(41)36-11-8-25-28(36)26(38)19-37(25)27(39)20-34-16-14-33(3)15-17-34/h4-7,21,24-25,28,31H,8-20H2,1-3H3,(H,32,40). The number of nitrogens with zero attached hydrogens (tertiary/aromatic N) is 5. The van der Waals surface area contributed by atoms with Crippen LogP contribution in [-0.4, -0.2) is 140 Å². The number of anilines is 1. The lowest BCUT2D eigenvalue weighted by molar-refractivity contribution is -0.138. The number of hydrogen-bond acceptors (Lipinski definition) is 8. The summed E-state index contributed by atoms with van der Waals surface area (Å²) >= 11 is 0. The molecule has 224 valence electrons. The fourth-order valence-corrected chi connectivity index (χ4v) is 6.56. The van der Waals surface area contributed by atoms with Gasteiger partial charge in [-0.3, -0.25) is 24.1 Å². The summed E-state index contributed by atoms with van der Waals surface area (Å²) in [7, 11) is 2.08. The molecule has 1 aromatic carbocycles.